The van der Waals surface area contributed by atoms with Crippen molar-refractivity contribution in [2.24, 2.45) is 0 Å². The Morgan fingerprint density at radius 1 is 1.32 bits per heavy atom. The SMILES string of the molecule is CCC1Nc2c3c(nn2C(C)=C1Cl)CN(C(=O)c1ccccc1O[C@H]1CCC[C@@H]1O)C3. The van der Waals surface area contributed by atoms with Crippen LogP contribution in [-0.2, 0) is 13.1 Å². The van der Waals surface area contributed by atoms with Gasteiger partial charge in [-0.1, -0.05) is 30.7 Å². The lowest BCUT2D eigenvalue weighted by Crippen LogP contribution is -2.31. The highest BCUT2D eigenvalue weighted by molar-refractivity contribution is 6.33. The molecular formula is C23H27ClN4O3. The van der Waals surface area contributed by atoms with Crippen LogP contribution in [0.3, 0.4) is 0 Å². The van der Waals surface area contributed by atoms with Gasteiger partial charge in [0.2, 0.25) is 0 Å². The van der Waals surface area contributed by atoms with Gasteiger partial charge in [0, 0.05) is 5.56 Å². The van der Waals surface area contributed by atoms with Crippen LogP contribution in [0.15, 0.2) is 29.3 Å². The molecule has 5 rings (SSSR count). The predicted molar refractivity (Wildman–Crippen MR) is 119 cm³/mol. The van der Waals surface area contributed by atoms with E-state index in [2.05, 4.69) is 12.2 Å². The average Bonchev–Trinajstić information content (AvgIpc) is 3.46. The lowest BCUT2D eigenvalue weighted by atomic mass is 10.1. The average molecular weight is 443 g/mol. The van der Waals surface area contributed by atoms with Gasteiger partial charge in [-0.3, -0.25) is 4.79 Å². The minimum Gasteiger partial charge on any atom is -0.487 e. The zero-order valence-electron chi connectivity index (χ0n) is 17.8. The van der Waals surface area contributed by atoms with E-state index < -0.39 is 6.10 Å². The highest BCUT2D eigenvalue weighted by Gasteiger charge is 2.36. The first-order valence-electron chi connectivity index (χ1n) is 10.9. The standard InChI is InChI=1S/C23H27ClN4O3/c1-3-16-21(24)13(2)28-22(25-16)15-11-27(12-17(15)26-28)23(30)14-7-4-5-9-19(14)31-20-10-6-8-18(20)29/h4-5,7,9,16,18,20,25,29H,3,6,8,10-12H2,1-2H3/t16?,18-,20-/m0/s1. The summed E-state index contributed by atoms with van der Waals surface area (Å²) in [6, 6.07) is 7.35. The fraction of sp³-hybridized carbons (Fsp3) is 0.478. The number of benzene rings is 1. The Morgan fingerprint density at radius 2 is 2.13 bits per heavy atom. The number of carbonyl (C=O) groups is 1. The molecule has 1 saturated carbocycles. The third-order valence-corrected chi connectivity index (χ3v) is 7.08. The molecule has 2 aliphatic heterocycles. The van der Waals surface area contributed by atoms with Gasteiger partial charge in [-0.2, -0.15) is 5.10 Å². The molecule has 7 nitrogen and oxygen atoms in total. The van der Waals surface area contributed by atoms with Gasteiger partial charge in [-0.25, -0.2) is 4.68 Å². The molecule has 1 fully saturated rings. The van der Waals surface area contributed by atoms with Gasteiger partial charge in [-0.15, -0.1) is 0 Å². The molecule has 3 aliphatic rings. The molecule has 3 heterocycles. The number of carbonyl (C=O) groups excluding carboxylic acids is 1. The zero-order chi connectivity index (χ0) is 21.7. The second-order valence-corrected chi connectivity index (χ2v) is 8.94. The van der Waals surface area contributed by atoms with E-state index in [0.29, 0.717) is 24.4 Å². The van der Waals surface area contributed by atoms with Crippen LogP contribution in [0, 0.1) is 0 Å². The van der Waals surface area contributed by atoms with Crippen LogP contribution in [0.4, 0.5) is 5.82 Å². The van der Waals surface area contributed by atoms with Crippen molar-refractivity contribution >= 4 is 29.0 Å². The molecule has 0 saturated heterocycles. The molecule has 0 radical (unpaired) electrons. The van der Waals surface area contributed by atoms with Crippen LogP contribution in [-0.4, -0.2) is 43.9 Å². The first-order valence-corrected chi connectivity index (χ1v) is 11.3. The number of halogens is 1. The van der Waals surface area contributed by atoms with Crippen molar-refractivity contribution in [3.8, 4) is 5.75 Å². The second-order valence-electron chi connectivity index (χ2n) is 8.54. The Morgan fingerprint density at radius 3 is 2.87 bits per heavy atom. The number of ether oxygens (including phenoxy) is 1. The van der Waals surface area contributed by atoms with E-state index in [4.69, 9.17) is 21.4 Å². The summed E-state index contributed by atoms with van der Waals surface area (Å²) in [5.74, 6) is 1.37. The largest absolute Gasteiger partial charge is 0.487 e. The molecule has 0 spiro atoms. The Labute approximate surface area is 186 Å². The Balaban J connectivity index is 1.38. The topological polar surface area (TPSA) is 79.6 Å². The molecule has 8 heteroatoms. The summed E-state index contributed by atoms with van der Waals surface area (Å²) >= 11 is 6.50. The number of nitrogens with one attached hydrogen (secondary N) is 1. The van der Waals surface area contributed by atoms with Gasteiger partial charge in [-0.05, 0) is 44.7 Å². The summed E-state index contributed by atoms with van der Waals surface area (Å²) in [4.78, 5) is 15.2. The minimum absolute atomic E-state index is 0.0617. The van der Waals surface area contributed by atoms with E-state index in [1.807, 2.05) is 23.7 Å². The van der Waals surface area contributed by atoms with Gasteiger partial charge in [0.25, 0.3) is 5.91 Å². The van der Waals surface area contributed by atoms with Crippen molar-refractivity contribution in [1.82, 2.24) is 14.7 Å². The number of amides is 1. The lowest BCUT2D eigenvalue weighted by molar-refractivity contribution is 0.0572. The van der Waals surface area contributed by atoms with Crippen molar-refractivity contribution < 1.29 is 14.6 Å². The molecule has 31 heavy (non-hydrogen) atoms. The van der Waals surface area contributed by atoms with Crippen molar-refractivity contribution in [3.63, 3.8) is 0 Å². The maximum atomic E-state index is 13.4. The van der Waals surface area contributed by atoms with E-state index in [1.165, 1.54) is 0 Å². The second kappa shape index (κ2) is 7.88. The Kier molecular flexibility index (Phi) is 5.18. The van der Waals surface area contributed by atoms with Crippen LogP contribution < -0.4 is 10.1 Å². The van der Waals surface area contributed by atoms with E-state index in [-0.39, 0.29) is 18.1 Å². The zero-order valence-corrected chi connectivity index (χ0v) is 18.5. The lowest BCUT2D eigenvalue weighted by Gasteiger charge is -2.27. The summed E-state index contributed by atoms with van der Waals surface area (Å²) in [7, 11) is 0. The van der Waals surface area contributed by atoms with Gasteiger partial charge >= 0.3 is 0 Å². The minimum atomic E-state index is -0.478. The van der Waals surface area contributed by atoms with Crippen LogP contribution in [0.5, 0.6) is 5.75 Å². The molecular weight excluding hydrogens is 416 g/mol. The molecule has 1 unspecified atom stereocenters. The van der Waals surface area contributed by atoms with Crippen molar-refractivity contribution in [3.05, 3.63) is 46.1 Å². The summed E-state index contributed by atoms with van der Waals surface area (Å²) in [6.07, 6.45) is 2.61. The van der Waals surface area contributed by atoms with Gasteiger partial charge < -0.3 is 20.1 Å². The quantitative estimate of drug-likeness (QED) is 0.749. The normalized spacial score (nSPS) is 24.8. The number of nitrogens with zero attached hydrogens (tertiary/aromatic N) is 3. The van der Waals surface area contributed by atoms with E-state index in [0.717, 1.165) is 53.5 Å². The van der Waals surface area contributed by atoms with Gasteiger partial charge in [0.1, 0.15) is 17.7 Å². The Hall–Kier alpha value is -2.51. The maximum Gasteiger partial charge on any atom is 0.258 e. The number of fused-ring (bicyclic) bond motifs is 3. The highest BCUT2D eigenvalue weighted by Crippen LogP contribution is 2.38. The fourth-order valence-electron chi connectivity index (χ4n) is 4.74. The van der Waals surface area contributed by atoms with Crippen LogP contribution in [0.25, 0.3) is 5.70 Å². The molecule has 1 amide bonds. The van der Waals surface area contributed by atoms with Crippen molar-refractivity contribution in [2.75, 3.05) is 5.32 Å². The molecule has 1 aromatic heterocycles. The molecule has 1 aliphatic carbocycles. The van der Waals surface area contributed by atoms with E-state index in [1.54, 1.807) is 17.0 Å². The number of aliphatic hydroxyl groups is 1. The summed E-state index contributed by atoms with van der Waals surface area (Å²) in [5.41, 5.74) is 3.39. The number of hydrogen-bond acceptors (Lipinski definition) is 5. The first-order chi connectivity index (χ1) is 15.0. The van der Waals surface area contributed by atoms with Crippen LogP contribution >= 0.6 is 11.6 Å². The van der Waals surface area contributed by atoms with Crippen LogP contribution in [0.1, 0.15) is 61.1 Å². The number of rotatable bonds is 4. The first kappa shape index (κ1) is 20.4. The van der Waals surface area contributed by atoms with E-state index >= 15 is 0 Å². The number of para-hydroxylation sites is 1. The summed E-state index contributed by atoms with van der Waals surface area (Å²) in [6.45, 7) is 5.00. The number of hydrogen-bond donors (Lipinski definition) is 2. The van der Waals surface area contributed by atoms with Gasteiger partial charge in [0.15, 0.2) is 0 Å². The smallest absolute Gasteiger partial charge is 0.258 e. The molecule has 2 aromatic rings. The Bertz CT molecular complexity index is 1060. The number of anilines is 1. The number of aromatic nitrogens is 2. The predicted octanol–water partition coefficient (Wildman–Crippen LogP) is 3.96. The summed E-state index contributed by atoms with van der Waals surface area (Å²) < 4.78 is 7.91. The fourth-order valence-corrected chi connectivity index (χ4v) is 5.03. The maximum absolute atomic E-state index is 13.4. The van der Waals surface area contributed by atoms with E-state index in [9.17, 15) is 9.90 Å². The van der Waals surface area contributed by atoms with Crippen molar-refractivity contribution in [2.45, 2.75) is 70.9 Å². The monoisotopic (exact) mass is 442 g/mol. The van der Waals surface area contributed by atoms with Gasteiger partial charge in [0.05, 0.1) is 47.2 Å². The third kappa shape index (κ3) is 3.40. The molecule has 164 valence electrons. The molecule has 3 atom stereocenters. The third-order valence-electron chi connectivity index (χ3n) is 6.55. The highest BCUT2D eigenvalue weighted by atomic mass is 35.5. The summed E-state index contributed by atoms with van der Waals surface area (Å²) in [5, 5.41) is 19.1. The number of aliphatic hydroxyl groups excluding tert-OH is 1. The number of allylic oxidation sites excluding steroid dienone is 1. The molecule has 1 aromatic carbocycles. The molecule has 2 N–H and O–H groups in total. The van der Waals surface area contributed by atoms with Crippen molar-refractivity contribution in [1.29, 1.82) is 0 Å². The van der Waals surface area contributed by atoms with Crippen LogP contribution in [0.2, 0.25) is 0 Å². The molecule has 0 bridgehead atoms.